The standard InChI is InChI=1S/C18H17N7O/c1-25-8-5-11-13(3-2-4-14(11)25)22-16-12(15(20)26)9-21-17(23-16)24-18(10-19)6-7-18/h2-5,8-9H,6-7H2,1H3,(H2,20,26)(H2,21,22,23,24). The number of nitrogens with one attached hydrogen (secondary N) is 2. The van der Waals surface area contributed by atoms with Crippen LogP contribution in [0.25, 0.3) is 10.9 Å². The van der Waals surface area contributed by atoms with E-state index in [4.69, 9.17) is 5.73 Å². The lowest BCUT2D eigenvalue weighted by molar-refractivity contribution is 0.100. The minimum absolute atomic E-state index is 0.185. The fourth-order valence-corrected chi connectivity index (χ4v) is 2.86. The number of rotatable bonds is 5. The minimum Gasteiger partial charge on any atom is -0.365 e. The Hall–Kier alpha value is -3.60. The van der Waals surface area contributed by atoms with Gasteiger partial charge in [0.05, 0.1) is 6.07 Å². The molecule has 0 bridgehead atoms. The van der Waals surface area contributed by atoms with Gasteiger partial charge in [-0.25, -0.2) is 4.98 Å². The second-order valence-electron chi connectivity index (χ2n) is 6.43. The molecule has 1 aromatic carbocycles. The van der Waals surface area contributed by atoms with E-state index in [1.54, 1.807) is 0 Å². The van der Waals surface area contributed by atoms with Crippen molar-refractivity contribution < 1.29 is 4.79 Å². The third kappa shape index (κ3) is 2.69. The molecule has 1 amide bonds. The highest BCUT2D eigenvalue weighted by atomic mass is 16.1. The molecule has 0 saturated heterocycles. The van der Waals surface area contributed by atoms with Gasteiger partial charge in [-0.3, -0.25) is 4.79 Å². The Balaban J connectivity index is 1.73. The first-order valence-electron chi connectivity index (χ1n) is 8.19. The van der Waals surface area contributed by atoms with E-state index in [2.05, 4.69) is 26.7 Å². The number of carbonyl (C=O) groups is 1. The molecule has 26 heavy (non-hydrogen) atoms. The lowest BCUT2D eigenvalue weighted by atomic mass is 10.2. The van der Waals surface area contributed by atoms with Gasteiger partial charge in [-0.1, -0.05) is 6.07 Å². The van der Waals surface area contributed by atoms with Crippen LogP contribution < -0.4 is 16.4 Å². The molecule has 130 valence electrons. The van der Waals surface area contributed by atoms with Gasteiger partial charge in [-0.15, -0.1) is 0 Å². The van der Waals surface area contributed by atoms with Crippen molar-refractivity contribution in [1.82, 2.24) is 14.5 Å². The van der Waals surface area contributed by atoms with Gasteiger partial charge in [0, 0.05) is 36.0 Å². The first-order valence-corrected chi connectivity index (χ1v) is 8.19. The molecule has 1 saturated carbocycles. The maximum atomic E-state index is 11.8. The Morgan fingerprint density at radius 3 is 2.88 bits per heavy atom. The number of carbonyl (C=O) groups excluding carboxylic acids is 1. The highest BCUT2D eigenvalue weighted by molar-refractivity contribution is 6.00. The number of amides is 1. The minimum atomic E-state index is -0.624. The highest BCUT2D eigenvalue weighted by Crippen LogP contribution is 2.37. The topological polar surface area (TPSA) is 122 Å². The molecule has 0 spiro atoms. The SMILES string of the molecule is Cn1ccc2c(Nc3nc(NC4(C#N)CC4)ncc3C(N)=O)cccc21. The smallest absolute Gasteiger partial charge is 0.254 e. The Kier molecular flexibility index (Phi) is 3.51. The normalized spacial score (nSPS) is 14.6. The summed E-state index contributed by atoms with van der Waals surface area (Å²) in [5.41, 5.74) is 6.89. The molecule has 1 aliphatic carbocycles. The molecule has 2 aromatic heterocycles. The number of hydrogen-bond acceptors (Lipinski definition) is 6. The number of nitrogens with two attached hydrogens (primary N) is 1. The molecule has 0 atom stereocenters. The zero-order valence-electron chi connectivity index (χ0n) is 14.2. The summed E-state index contributed by atoms with van der Waals surface area (Å²) in [6, 6.07) is 10.0. The first-order chi connectivity index (χ1) is 12.5. The summed E-state index contributed by atoms with van der Waals surface area (Å²) >= 11 is 0. The summed E-state index contributed by atoms with van der Waals surface area (Å²) in [6.45, 7) is 0. The third-order valence-corrected chi connectivity index (χ3v) is 4.55. The monoisotopic (exact) mass is 347 g/mol. The van der Waals surface area contributed by atoms with Crippen molar-refractivity contribution in [2.24, 2.45) is 12.8 Å². The number of anilines is 3. The summed E-state index contributed by atoms with van der Waals surface area (Å²) < 4.78 is 2.01. The van der Waals surface area contributed by atoms with Crippen molar-refractivity contribution in [2.45, 2.75) is 18.4 Å². The lowest BCUT2D eigenvalue weighted by Crippen LogP contribution is -2.22. The van der Waals surface area contributed by atoms with Gasteiger partial charge in [-0.2, -0.15) is 10.2 Å². The molecule has 1 aliphatic rings. The third-order valence-electron chi connectivity index (χ3n) is 4.55. The van der Waals surface area contributed by atoms with Crippen molar-refractivity contribution in [1.29, 1.82) is 5.26 Å². The van der Waals surface area contributed by atoms with Gasteiger partial charge >= 0.3 is 0 Å². The predicted octanol–water partition coefficient (Wildman–Crippen LogP) is 2.28. The van der Waals surface area contributed by atoms with Gasteiger partial charge in [0.25, 0.3) is 5.91 Å². The predicted molar refractivity (Wildman–Crippen MR) is 98.0 cm³/mol. The second kappa shape index (κ2) is 5.74. The number of aryl methyl sites for hydroxylation is 1. The number of hydrogen-bond donors (Lipinski definition) is 3. The van der Waals surface area contributed by atoms with E-state index in [1.165, 1.54) is 6.20 Å². The molecule has 0 aliphatic heterocycles. The van der Waals surface area contributed by atoms with E-state index in [0.29, 0.717) is 5.82 Å². The molecular formula is C18H17N7O. The molecule has 8 nitrogen and oxygen atoms in total. The summed E-state index contributed by atoms with van der Waals surface area (Å²) in [4.78, 5) is 20.3. The summed E-state index contributed by atoms with van der Waals surface area (Å²) in [7, 11) is 1.96. The van der Waals surface area contributed by atoms with Crippen LogP contribution in [0.5, 0.6) is 0 Å². The number of nitriles is 1. The number of aromatic nitrogens is 3. The average molecular weight is 347 g/mol. The number of primary amides is 1. The Morgan fingerprint density at radius 1 is 1.38 bits per heavy atom. The molecule has 4 N–H and O–H groups in total. The molecule has 8 heteroatoms. The van der Waals surface area contributed by atoms with Crippen LogP contribution in [0.3, 0.4) is 0 Å². The van der Waals surface area contributed by atoms with Crippen LogP contribution >= 0.6 is 0 Å². The number of benzene rings is 1. The molecule has 1 fully saturated rings. The van der Waals surface area contributed by atoms with Crippen LogP contribution in [0.15, 0.2) is 36.7 Å². The zero-order valence-corrected chi connectivity index (χ0v) is 14.2. The lowest BCUT2D eigenvalue weighted by Gasteiger charge is -2.14. The second-order valence-corrected chi connectivity index (χ2v) is 6.43. The quantitative estimate of drug-likeness (QED) is 0.651. The van der Waals surface area contributed by atoms with Gasteiger partial charge in [-0.05, 0) is 31.0 Å². The van der Waals surface area contributed by atoms with E-state index in [-0.39, 0.29) is 11.5 Å². The van der Waals surface area contributed by atoms with Crippen molar-refractivity contribution in [3.8, 4) is 6.07 Å². The molecule has 2 heterocycles. The summed E-state index contributed by atoms with van der Waals surface area (Å²) in [5, 5.41) is 16.4. The molecule has 0 radical (unpaired) electrons. The van der Waals surface area contributed by atoms with E-state index in [0.717, 1.165) is 29.4 Å². The van der Waals surface area contributed by atoms with Crippen molar-refractivity contribution in [3.63, 3.8) is 0 Å². The van der Waals surface area contributed by atoms with Crippen molar-refractivity contribution in [3.05, 3.63) is 42.2 Å². The van der Waals surface area contributed by atoms with Crippen LogP contribution in [-0.4, -0.2) is 26.0 Å². The fourth-order valence-electron chi connectivity index (χ4n) is 2.86. The van der Waals surface area contributed by atoms with Gasteiger partial charge < -0.3 is 20.9 Å². The van der Waals surface area contributed by atoms with Crippen LogP contribution in [-0.2, 0) is 7.05 Å². The van der Waals surface area contributed by atoms with Gasteiger partial charge in [0.1, 0.15) is 16.9 Å². The Labute approximate surface area is 149 Å². The summed E-state index contributed by atoms with van der Waals surface area (Å²) in [6.07, 6.45) is 4.83. The van der Waals surface area contributed by atoms with E-state index >= 15 is 0 Å². The van der Waals surface area contributed by atoms with Crippen LogP contribution in [0.4, 0.5) is 17.5 Å². The van der Waals surface area contributed by atoms with E-state index < -0.39 is 11.4 Å². The zero-order chi connectivity index (χ0) is 18.3. The maximum absolute atomic E-state index is 11.8. The highest BCUT2D eigenvalue weighted by Gasteiger charge is 2.44. The van der Waals surface area contributed by atoms with Gasteiger partial charge in [0.2, 0.25) is 5.95 Å². The number of fused-ring (bicyclic) bond motifs is 1. The van der Waals surface area contributed by atoms with Crippen molar-refractivity contribution >= 4 is 34.3 Å². The fraction of sp³-hybridized carbons (Fsp3) is 0.222. The van der Waals surface area contributed by atoms with Crippen molar-refractivity contribution in [2.75, 3.05) is 10.6 Å². The maximum Gasteiger partial charge on any atom is 0.254 e. The molecule has 0 unspecified atom stereocenters. The number of nitrogens with zero attached hydrogens (tertiary/aromatic N) is 4. The average Bonchev–Trinajstić information content (AvgIpc) is 3.30. The largest absolute Gasteiger partial charge is 0.365 e. The van der Waals surface area contributed by atoms with Crippen LogP contribution in [0.2, 0.25) is 0 Å². The van der Waals surface area contributed by atoms with Gasteiger partial charge in [0.15, 0.2) is 0 Å². The Bertz CT molecular complexity index is 1060. The van der Waals surface area contributed by atoms with Crippen LogP contribution in [0, 0.1) is 11.3 Å². The summed E-state index contributed by atoms with van der Waals surface area (Å²) in [5.74, 6) is -0.0300. The van der Waals surface area contributed by atoms with E-state index in [1.807, 2.05) is 42.1 Å². The first kappa shape index (κ1) is 15.9. The molecule has 4 rings (SSSR count). The Morgan fingerprint density at radius 2 is 2.19 bits per heavy atom. The van der Waals surface area contributed by atoms with E-state index in [9.17, 15) is 10.1 Å². The molecular weight excluding hydrogens is 330 g/mol. The van der Waals surface area contributed by atoms with Crippen LogP contribution in [0.1, 0.15) is 23.2 Å². The molecule has 3 aromatic rings.